The number of aromatic hydroxyl groups is 1. The Balaban J connectivity index is 2.33. The molecule has 0 saturated heterocycles. The van der Waals surface area contributed by atoms with Crippen molar-refractivity contribution in [3.8, 4) is 17.6 Å². The lowest BCUT2D eigenvalue weighted by molar-refractivity contribution is 0.371. The van der Waals surface area contributed by atoms with Crippen LogP contribution in [0.4, 0.5) is 5.69 Å². The van der Waals surface area contributed by atoms with Crippen LogP contribution >= 0.6 is 22.6 Å². The molecule has 5 heteroatoms. The maximum Gasteiger partial charge on any atom is 0.171 e. The molecule has 0 saturated carbocycles. The number of phenolic OH excluding ortho intramolecular Hbond substituents is 1. The molecule has 0 bridgehead atoms. The van der Waals surface area contributed by atoms with Gasteiger partial charge in [-0.1, -0.05) is 18.2 Å². The molecule has 0 fully saturated rings. The maximum absolute atomic E-state index is 9.83. The average molecular weight is 380 g/mol. The number of ether oxygens (including phenoxy) is 1. The second-order valence-electron chi connectivity index (χ2n) is 4.13. The molecule has 0 radical (unpaired) electrons. The summed E-state index contributed by atoms with van der Waals surface area (Å²) in [6.45, 7) is 0. The Hall–Kier alpha value is -1.94. The summed E-state index contributed by atoms with van der Waals surface area (Å²) in [5.74, 6) is 0.454. The fraction of sp³-hybridized carbons (Fsp3) is 0.133. The van der Waals surface area contributed by atoms with Crippen molar-refractivity contribution in [3.05, 3.63) is 51.6 Å². The molecule has 20 heavy (non-hydrogen) atoms. The number of nitriles is 1. The van der Waals surface area contributed by atoms with E-state index < -0.39 is 6.04 Å². The summed E-state index contributed by atoms with van der Waals surface area (Å²) in [6, 6.07) is 14.6. The van der Waals surface area contributed by atoms with Gasteiger partial charge in [0.2, 0.25) is 0 Å². The van der Waals surface area contributed by atoms with Gasteiger partial charge in [0.25, 0.3) is 0 Å². The lowest BCUT2D eigenvalue weighted by Gasteiger charge is -2.15. The molecular weight excluding hydrogens is 367 g/mol. The first-order chi connectivity index (χ1) is 9.65. The third-order valence-electron chi connectivity index (χ3n) is 2.82. The van der Waals surface area contributed by atoms with Crippen LogP contribution in [0.5, 0.6) is 11.5 Å². The molecule has 0 aliphatic rings. The van der Waals surface area contributed by atoms with Crippen molar-refractivity contribution in [1.29, 1.82) is 5.26 Å². The Labute approximate surface area is 131 Å². The zero-order valence-electron chi connectivity index (χ0n) is 10.8. The smallest absolute Gasteiger partial charge is 0.171 e. The van der Waals surface area contributed by atoms with E-state index in [-0.39, 0.29) is 5.75 Å². The first kappa shape index (κ1) is 14.5. The van der Waals surface area contributed by atoms with Crippen LogP contribution in [0.25, 0.3) is 0 Å². The minimum atomic E-state index is -0.514. The van der Waals surface area contributed by atoms with E-state index in [0.717, 1.165) is 11.3 Å². The standard InChI is InChI=1S/C15H13IN2O2/c1-20-14-8-10(7-12(16)15(14)19)13(9-17)18-11-5-3-2-4-6-11/h2-8,13,18-19H,1H3. The third kappa shape index (κ3) is 3.14. The molecule has 0 spiro atoms. The number of nitrogens with zero attached hydrogens (tertiary/aromatic N) is 1. The molecule has 0 aliphatic heterocycles. The Kier molecular flexibility index (Phi) is 4.69. The Morgan fingerprint density at radius 1 is 1.30 bits per heavy atom. The van der Waals surface area contributed by atoms with E-state index in [1.54, 1.807) is 12.1 Å². The number of methoxy groups -OCH3 is 1. The summed E-state index contributed by atoms with van der Waals surface area (Å²) >= 11 is 2.01. The van der Waals surface area contributed by atoms with Crippen molar-refractivity contribution in [2.45, 2.75) is 6.04 Å². The molecule has 4 nitrogen and oxygen atoms in total. The fourth-order valence-electron chi connectivity index (χ4n) is 1.81. The molecule has 1 unspecified atom stereocenters. The number of halogens is 1. The number of benzene rings is 2. The van der Waals surface area contributed by atoms with E-state index in [4.69, 9.17) is 4.74 Å². The lowest BCUT2D eigenvalue weighted by atomic mass is 10.1. The molecule has 0 aromatic heterocycles. The quantitative estimate of drug-likeness (QED) is 0.795. The number of hydrogen-bond donors (Lipinski definition) is 2. The molecule has 2 aromatic rings. The van der Waals surface area contributed by atoms with E-state index in [9.17, 15) is 10.4 Å². The highest BCUT2D eigenvalue weighted by Gasteiger charge is 2.15. The van der Waals surface area contributed by atoms with Gasteiger partial charge >= 0.3 is 0 Å². The number of anilines is 1. The summed E-state index contributed by atoms with van der Waals surface area (Å²) in [5.41, 5.74) is 1.61. The molecule has 2 N–H and O–H groups in total. The fourth-order valence-corrected chi connectivity index (χ4v) is 2.43. The molecule has 102 valence electrons. The van der Waals surface area contributed by atoms with Crippen LogP contribution in [-0.4, -0.2) is 12.2 Å². The van der Waals surface area contributed by atoms with Crippen LogP contribution in [0, 0.1) is 14.9 Å². The van der Waals surface area contributed by atoms with Crippen molar-refractivity contribution < 1.29 is 9.84 Å². The summed E-state index contributed by atoms with van der Waals surface area (Å²) in [7, 11) is 1.49. The van der Waals surface area contributed by atoms with Crippen molar-refractivity contribution in [1.82, 2.24) is 0 Å². The zero-order chi connectivity index (χ0) is 14.5. The van der Waals surface area contributed by atoms with Crippen LogP contribution in [0.2, 0.25) is 0 Å². The minimum absolute atomic E-state index is 0.0910. The van der Waals surface area contributed by atoms with Gasteiger partial charge in [-0.05, 0) is 52.4 Å². The number of nitrogens with one attached hydrogen (secondary N) is 1. The highest BCUT2D eigenvalue weighted by Crippen LogP contribution is 2.34. The van der Waals surface area contributed by atoms with Gasteiger partial charge < -0.3 is 15.2 Å². The van der Waals surface area contributed by atoms with Crippen LogP contribution < -0.4 is 10.1 Å². The number of rotatable bonds is 4. The summed E-state index contributed by atoms with van der Waals surface area (Å²) in [4.78, 5) is 0. The van der Waals surface area contributed by atoms with Crippen LogP contribution in [0.15, 0.2) is 42.5 Å². The minimum Gasteiger partial charge on any atom is -0.504 e. The van der Waals surface area contributed by atoms with Crippen molar-refractivity contribution in [2.24, 2.45) is 0 Å². The topological polar surface area (TPSA) is 65.3 Å². The summed E-state index contributed by atoms with van der Waals surface area (Å²) in [6.07, 6.45) is 0. The SMILES string of the molecule is COc1cc(C(C#N)Nc2ccccc2)cc(I)c1O. The van der Waals surface area contributed by atoms with Crippen molar-refractivity contribution in [2.75, 3.05) is 12.4 Å². The van der Waals surface area contributed by atoms with Gasteiger partial charge in [0, 0.05) is 5.69 Å². The van der Waals surface area contributed by atoms with Crippen LogP contribution in [0.3, 0.4) is 0 Å². The summed E-state index contributed by atoms with van der Waals surface area (Å²) < 4.78 is 5.76. The predicted octanol–water partition coefficient (Wildman–Crippen LogP) is 3.68. The third-order valence-corrected chi connectivity index (χ3v) is 3.64. The number of phenols is 1. The second-order valence-corrected chi connectivity index (χ2v) is 5.29. The van der Waals surface area contributed by atoms with E-state index in [1.807, 2.05) is 52.9 Å². The largest absolute Gasteiger partial charge is 0.504 e. The average Bonchev–Trinajstić information content (AvgIpc) is 2.48. The first-order valence-electron chi connectivity index (χ1n) is 5.93. The maximum atomic E-state index is 9.83. The van der Waals surface area contributed by atoms with Crippen molar-refractivity contribution >= 4 is 28.3 Å². The van der Waals surface area contributed by atoms with Crippen molar-refractivity contribution in [3.63, 3.8) is 0 Å². The van der Waals surface area contributed by atoms with E-state index in [0.29, 0.717) is 9.32 Å². The number of hydrogen-bond acceptors (Lipinski definition) is 4. The summed E-state index contributed by atoms with van der Waals surface area (Å²) in [5, 5.41) is 22.3. The van der Waals surface area contributed by atoms with E-state index in [2.05, 4.69) is 11.4 Å². The molecule has 1 atom stereocenters. The second kappa shape index (κ2) is 6.48. The number of para-hydroxylation sites is 1. The Bertz CT molecular complexity index is 638. The van der Waals surface area contributed by atoms with Gasteiger partial charge in [0.15, 0.2) is 11.5 Å². The Morgan fingerprint density at radius 2 is 2.00 bits per heavy atom. The Morgan fingerprint density at radius 3 is 2.60 bits per heavy atom. The van der Waals surface area contributed by atoms with E-state index in [1.165, 1.54) is 7.11 Å². The monoisotopic (exact) mass is 380 g/mol. The van der Waals surface area contributed by atoms with Gasteiger partial charge in [0.1, 0.15) is 6.04 Å². The molecule has 2 aromatic carbocycles. The van der Waals surface area contributed by atoms with E-state index >= 15 is 0 Å². The van der Waals surface area contributed by atoms with Gasteiger partial charge in [0.05, 0.1) is 16.7 Å². The molecule has 0 heterocycles. The molecule has 0 amide bonds. The predicted molar refractivity (Wildman–Crippen MR) is 85.8 cm³/mol. The zero-order valence-corrected chi connectivity index (χ0v) is 13.0. The van der Waals surface area contributed by atoms with Gasteiger partial charge in [-0.2, -0.15) is 5.26 Å². The van der Waals surface area contributed by atoms with Crippen LogP contribution in [-0.2, 0) is 0 Å². The normalized spacial score (nSPS) is 11.4. The molecule has 0 aliphatic carbocycles. The van der Waals surface area contributed by atoms with Gasteiger partial charge in [-0.15, -0.1) is 0 Å². The lowest BCUT2D eigenvalue weighted by Crippen LogP contribution is -2.09. The van der Waals surface area contributed by atoms with Gasteiger partial charge in [-0.3, -0.25) is 0 Å². The van der Waals surface area contributed by atoms with Gasteiger partial charge in [-0.25, -0.2) is 0 Å². The molecular formula is C15H13IN2O2. The van der Waals surface area contributed by atoms with Crippen LogP contribution in [0.1, 0.15) is 11.6 Å². The highest BCUT2D eigenvalue weighted by atomic mass is 127. The molecule has 2 rings (SSSR count). The highest BCUT2D eigenvalue weighted by molar-refractivity contribution is 14.1. The first-order valence-corrected chi connectivity index (χ1v) is 7.01.